The van der Waals surface area contributed by atoms with Crippen molar-refractivity contribution in [3.05, 3.63) is 29.6 Å². The van der Waals surface area contributed by atoms with Gasteiger partial charge in [-0.1, -0.05) is 0 Å². The van der Waals surface area contributed by atoms with Crippen molar-refractivity contribution in [3.8, 4) is 0 Å². The fourth-order valence-electron chi connectivity index (χ4n) is 2.12. The Labute approximate surface area is 123 Å². The van der Waals surface area contributed by atoms with Crippen molar-refractivity contribution in [1.29, 1.82) is 0 Å². The van der Waals surface area contributed by atoms with E-state index >= 15 is 0 Å². The Bertz CT molecular complexity index is 594. The number of halogens is 1. The molecule has 2 N–H and O–H groups in total. The first kappa shape index (κ1) is 16.3. The maximum absolute atomic E-state index is 13.3. The van der Waals surface area contributed by atoms with Gasteiger partial charge in [0.1, 0.15) is 5.82 Å². The number of hydrogen-bond acceptors (Lipinski definition) is 5. The molecule has 1 aliphatic heterocycles. The molecule has 1 unspecified atom stereocenters. The third-order valence-corrected chi connectivity index (χ3v) is 4.76. The van der Waals surface area contributed by atoms with Crippen LogP contribution in [0.25, 0.3) is 0 Å². The van der Waals surface area contributed by atoms with E-state index in [1.807, 2.05) is 7.05 Å². The first-order valence-electron chi connectivity index (χ1n) is 6.61. The largest absolute Gasteiger partial charge is 0.392 e. The summed E-state index contributed by atoms with van der Waals surface area (Å²) in [6.07, 6.45) is -0.212. The van der Waals surface area contributed by atoms with Crippen LogP contribution in [0.15, 0.2) is 23.1 Å². The minimum absolute atomic E-state index is 0.0495. The van der Waals surface area contributed by atoms with Gasteiger partial charge in [-0.3, -0.25) is 0 Å². The number of morpholine rings is 1. The van der Waals surface area contributed by atoms with E-state index in [4.69, 9.17) is 9.84 Å². The first-order valence-corrected chi connectivity index (χ1v) is 8.10. The Morgan fingerprint density at radius 3 is 2.95 bits per heavy atom. The van der Waals surface area contributed by atoms with Crippen molar-refractivity contribution in [1.82, 2.24) is 9.62 Å². The van der Waals surface area contributed by atoms with Crippen LogP contribution >= 0.6 is 0 Å². The average molecular weight is 318 g/mol. The van der Waals surface area contributed by atoms with E-state index in [0.717, 1.165) is 18.7 Å². The van der Waals surface area contributed by atoms with E-state index in [1.165, 1.54) is 6.07 Å². The highest BCUT2D eigenvalue weighted by atomic mass is 32.2. The Morgan fingerprint density at radius 2 is 2.29 bits per heavy atom. The molecule has 2 rings (SSSR count). The zero-order valence-corrected chi connectivity index (χ0v) is 12.6. The number of aliphatic hydroxyl groups excluding tert-OH is 1. The van der Waals surface area contributed by atoms with E-state index in [9.17, 15) is 12.8 Å². The van der Waals surface area contributed by atoms with Crippen molar-refractivity contribution in [2.45, 2.75) is 17.6 Å². The molecule has 1 aromatic rings. The standard InChI is InChI=1S/C13H19FN2O4S/c1-16-4-5-20-11(8-16)7-15-21(18,19)12-2-3-13(14)10(6-12)9-17/h2-3,6,11,15,17H,4-5,7-9H2,1H3. The molecule has 0 amide bonds. The summed E-state index contributed by atoms with van der Waals surface area (Å²) in [7, 11) is -1.81. The first-order chi connectivity index (χ1) is 9.92. The van der Waals surface area contributed by atoms with Crippen LogP contribution in [0.2, 0.25) is 0 Å². The smallest absolute Gasteiger partial charge is 0.240 e. The number of aliphatic hydroxyl groups is 1. The summed E-state index contributed by atoms with van der Waals surface area (Å²) < 4.78 is 45.5. The predicted molar refractivity (Wildman–Crippen MR) is 74.7 cm³/mol. The highest BCUT2D eigenvalue weighted by Gasteiger charge is 2.22. The zero-order chi connectivity index (χ0) is 15.5. The van der Waals surface area contributed by atoms with Crippen molar-refractivity contribution in [2.75, 3.05) is 33.3 Å². The highest BCUT2D eigenvalue weighted by molar-refractivity contribution is 7.89. The van der Waals surface area contributed by atoms with E-state index in [0.29, 0.717) is 13.2 Å². The van der Waals surface area contributed by atoms with Crippen LogP contribution in [0.4, 0.5) is 4.39 Å². The van der Waals surface area contributed by atoms with Crippen molar-refractivity contribution in [2.24, 2.45) is 0 Å². The molecule has 21 heavy (non-hydrogen) atoms. The number of ether oxygens (including phenoxy) is 1. The molecule has 8 heteroatoms. The van der Waals surface area contributed by atoms with Gasteiger partial charge in [-0.05, 0) is 25.2 Å². The van der Waals surface area contributed by atoms with Gasteiger partial charge >= 0.3 is 0 Å². The number of nitrogens with one attached hydrogen (secondary N) is 1. The Hall–Kier alpha value is -1.06. The van der Waals surface area contributed by atoms with Gasteiger partial charge in [0.25, 0.3) is 0 Å². The molecule has 0 saturated carbocycles. The molecule has 0 aromatic heterocycles. The summed E-state index contributed by atoms with van der Waals surface area (Å²) in [6, 6.07) is 3.33. The second-order valence-electron chi connectivity index (χ2n) is 5.02. The normalized spacial score (nSPS) is 20.6. The van der Waals surface area contributed by atoms with Crippen LogP contribution in [-0.2, 0) is 21.4 Å². The second kappa shape index (κ2) is 6.80. The minimum Gasteiger partial charge on any atom is -0.392 e. The van der Waals surface area contributed by atoms with Gasteiger partial charge in [0, 0.05) is 25.2 Å². The van der Waals surface area contributed by atoms with E-state index in [-0.39, 0.29) is 23.1 Å². The number of hydrogen-bond donors (Lipinski definition) is 2. The van der Waals surface area contributed by atoms with Crippen LogP contribution < -0.4 is 4.72 Å². The quantitative estimate of drug-likeness (QED) is 0.794. The summed E-state index contributed by atoms with van der Waals surface area (Å²) >= 11 is 0. The SMILES string of the molecule is CN1CCOC(CNS(=O)(=O)c2ccc(F)c(CO)c2)C1. The lowest BCUT2D eigenvalue weighted by molar-refractivity contribution is -0.0156. The van der Waals surface area contributed by atoms with Crippen molar-refractivity contribution >= 4 is 10.0 Å². The third-order valence-electron chi connectivity index (χ3n) is 3.34. The molecular weight excluding hydrogens is 299 g/mol. The van der Waals surface area contributed by atoms with Gasteiger partial charge < -0.3 is 14.7 Å². The Balaban J connectivity index is 2.04. The maximum atomic E-state index is 13.3. The molecule has 1 atom stereocenters. The van der Waals surface area contributed by atoms with Gasteiger partial charge in [0.05, 0.1) is 24.2 Å². The van der Waals surface area contributed by atoms with Gasteiger partial charge in [-0.25, -0.2) is 17.5 Å². The maximum Gasteiger partial charge on any atom is 0.240 e. The minimum atomic E-state index is -3.75. The molecule has 1 saturated heterocycles. The molecule has 0 aliphatic carbocycles. The molecule has 0 bridgehead atoms. The van der Waals surface area contributed by atoms with Gasteiger partial charge in [0.15, 0.2) is 0 Å². The fraction of sp³-hybridized carbons (Fsp3) is 0.538. The van der Waals surface area contributed by atoms with Crippen LogP contribution in [0, 0.1) is 5.82 Å². The third kappa shape index (κ3) is 4.21. The van der Waals surface area contributed by atoms with E-state index < -0.39 is 22.4 Å². The van der Waals surface area contributed by atoms with Crippen LogP contribution in [0.5, 0.6) is 0 Å². The highest BCUT2D eigenvalue weighted by Crippen LogP contribution is 2.15. The summed E-state index contributed by atoms with van der Waals surface area (Å²) in [5, 5.41) is 8.99. The van der Waals surface area contributed by atoms with Gasteiger partial charge in [0.2, 0.25) is 10.0 Å². The molecule has 0 spiro atoms. The molecule has 1 fully saturated rings. The monoisotopic (exact) mass is 318 g/mol. The number of sulfonamides is 1. The van der Waals surface area contributed by atoms with Gasteiger partial charge in [-0.2, -0.15) is 0 Å². The average Bonchev–Trinajstić information content (AvgIpc) is 2.46. The van der Waals surface area contributed by atoms with Crippen LogP contribution in [0.3, 0.4) is 0 Å². The topological polar surface area (TPSA) is 78.9 Å². The second-order valence-corrected chi connectivity index (χ2v) is 6.79. The van der Waals surface area contributed by atoms with Gasteiger partial charge in [-0.15, -0.1) is 0 Å². The lowest BCUT2D eigenvalue weighted by Gasteiger charge is -2.30. The lowest BCUT2D eigenvalue weighted by Crippen LogP contribution is -2.45. The van der Waals surface area contributed by atoms with Crippen molar-refractivity contribution in [3.63, 3.8) is 0 Å². The molecule has 6 nitrogen and oxygen atoms in total. The number of rotatable bonds is 5. The fourth-order valence-corrected chi connectivity index (χ4v) is 3.23. The van der Waals surface area contributed by atoms with E-state index in [1.54, 1.807) is 0 Å². The Morgan fingerprint density at radius 1 is 1.52 bits per heavy atom. The summed E-state index contributed by atoms with van der Waals surface area (Å²) in [4.78, 5) is 1.99. The number of nitrogens with zero attached hydrogens (tertiary/aromatic N) is 1. The summed E-state index contributed by atoms with van der Waals surface area (Å²) in [5.74, 6) is -0.631. The summed E-state index contributed by atoms with van der Waals surface area (Å²) in [5.41, 5.74) is -0.0495. The molecule has 1 aromatic carbocycles. The molecular formula is C13H19FN2O4S. The predicted octanol–water partition coefficient (Wildman–Crippen LogP) is -0.0731. The number of benzene rings is 1. The zero-order valence-electron chi connectivity index (χ0n) is 11.8. The van der Waals surface area contributed by atoms with Crippen molar-refractivity contribution < 1.29 is 22.7 Å². The molecule has 1 aliphatic rings. The Kier molecular flexibility index (Phi) is 5.28. The number of likely N-dealkylation sites (N-methyl/N-ethyl adjacent to an activating group) is 1. The van der Waals surface area contributed by atoms with E-state index in [2.05, 4.69) is 9.62 Å². The summed E-state index contributed by atoms with van der Waals surface area (Å²) in [6.45, 7) is 1.63. The molecule has 118 valence electrons. The molecule has 1 heterocycles. The van der Waals surface area contributed by atoms with Crippen LogP contribution in [-0.4, -0.2) is 57.8 Å². The lowest BCUT2D eigenvalue weighted by atomic mass is 10.2. The van der Waals surface area contributed by atoms with Crippen LogP contribution in [0.1, 0.15) is 5.56 Å². The molecule has 0 radical (unpaired) electrons.